The molecule has 0 fully saturated rings. The minimum Gasteiger partial charge on any atom is -0.456 e. The second-order valence-corrected chi connectivity index (χ2v) is 11.2. The molecule has 4 nitrogen and oxygen atoms in total. The van der Waals surface area contributed by atoms with Gasteiger partial charge in [0.2, 0.25) is 0 Å². The monoisotopic (exact) mass is 551 g/mol. The van der Waals surface area contributed by atoms with E-state index >= 15 is 0 Å². The van der Waals surface area contributed by atoms with Gasteiger partial charge in [0.25, 0.3) is 0 Å². The predicted octanol–water partition coefficient (Wildman–Crippen LogP) is 10.3. The van der Waals surface area contributed by atoms with Gasteiger partial charge in [0, 0.05) is 55.6 Å². The molecule has 9 aromatic rings. The van der Waals surface area contributed by atoms with E-state index in [-0.39, 0.29) is 0 Å². The molecule has 0 atom stereocenters. The molecule has 0 amide bonds. The van der Waals surface area contributed by atoms with Crippen LogP contribution in [0.2, 0.25) is 0 Å². The summed E-state index contributed by atoms with van der Waals surface area (Å²) in [6.45, 7) is 3.13. The van der Waals surface area contributed by atoms with Crippen molar-refractivity contribution in [3.63, 3.8) is 0 Å². The number of fused-ring (bicyclic) bond motifs is 9. The van der Waals surface area contributed by atoms with Crippen LogP contribution in [0.4, 0.5) is 0 Å². The van der Waals surface area contributed by atoms with Gasteiger partial charge in [-0.1, -0.05) is 48.5 Å². The molecule has 0 spiro atoms. The Labute approximate surface area is 247 Å². The van der Waals surface area contributed by atoms with Crippen LogP contribution in [0.25, 0.3) is 82.4 Å². The zero-order valence-electron chi connectivity index (χ0n) is 23.5. The number of hydrogen-bond acceptors (Lipinski definition) is 2. The Bertz CT molecular complexity index is 2620. The maximum Gasteiger partial charge on any atom is 0.135 e. The number of nitriles is 1. The average Bonchev–Trinajstić information content (AvgIpc) is 3.70. The van der Waals surface area contributed by atoms with Crippen molar-refractivity contribution in [2.45, 2.75) is 13.5 Å². The molecule has 43 heavy (non-hydrogen) atoms. The largest absolute Gasteiger partial charge is 0.456 e. The first-order chi connectivity index (χ1) is 21.2. The molecule has 9 rings (SSSR count). The lowest BCUT2D eigenvalue weighted by molar-refractivity contribution is 0.669. The Morgan fingerprint density at radius 2 is 1.19 bits per heavy atom. The number of para-hydroxylation sites is 2. The molecule has 0 saturated heterocycles. The molecule has 4 heteroatoms. The number of furan rings is 1. The van der Waals surface area contributed by atoms with E-state index in [4.69, 9.17) is 4.42 Å². The van der Waals surface area contributed by atoms with Crippen molar-refractivity contribution in [3.8, 4) is 22.9 Å². The first kappa shape index (κ1) is 23.9. The zero-order valence-corrected chi connectivity index (χ0v) is 23.5. The predicted molar refractivity (Wildman–Crippen MR) is 177 cm³/mol. The molecule has 3 aromatic heterocycles. The van der Waals surface area contributed by atoms with Crippen molar-refractivity contribution in [3.05, 3.63) is 127 Å². The van der Waals surface area contributed by atoms with Gasteiger partial charge in [0.15, 0.2) is 0 Å². The van der Waals surface area contributed by atoms with E-state index in [2.05, 4.69) is 113 Å². The Morgan fingerprint density at radius 3 is 1.98 bits per heavy atom. The van der Waals surface area contributed by atoms with E-state index in [9.17, 15) is 5.26 Å². The summed E-state index contributed by atoms with van der Waals surface area (Å²) in [4.78, 5) is 0. The normalized spacial score (nSPS) is 11.9. The smallest absolute Gasteiger partial charge is 0.135 e. The highest BCUT2D eigenvalue weighted by atomic mass is 16.3. The maximum absolute atomic E-state index is 9.76. The maximum atomic E-state index is 9.76. The molecule has 0 N–H and O–H groups in total. The summed E-state index contributed by atoms with van der Waals surface area (Å²) in [6, 6.07) is 45.0. The first-order valence-corrected chi connectivity index (χ1v) is 14.6. The summed E-state index contributed by atoms with van der Waals surface area (Å²) < 4.78 is 10.8. The zero-order chi connectivity index (χ0) is 28.7. The van der Waals surface area contributed by atoms with Crippen molar-refractivity contribution in [2.75, 3.05) is 0 Å². The highest BCUT2D eigenvalue weighted by Crippen LogP contribution is 2.39. The fourth-order valence-corrected chi connectivity index (χ4v) is 6.98. The van der Waals surface area contributed by atoms with Gasteiger partial charge in [-0.3, -0.25) is 0 Å². The molecule has 0 unspecified atom stereocenters. The van der Waals surface area contributed by atoms with Gasteiger partial charge in [-0.15, -0.1) is 0 Å². The van der Waals surface area contributed by atoms with E-state index in [0.29, 0.717) is 5.56 Å². The van der Waals surface area contributed by atoms with Crippen LogP contribution in [0.5, 0.6) is 0 Å². The van der Waals surface area contributed by atoms with Crippen molar-refractivity contribution >= 4 is 65.6 Å². The number of hydrogen-bond donors (Lipinski definition) is 0. The van der Waals surface area contributed by atoms with E-state index in [0.717, 1.165) is 61.5 Å². The molecule has 0 saturated carbocycles. The van der Waals surface area contributed by atoms with Gasteiger partial charge in [-0.25, -0.2) is 0 Å². The summed E-state index contributed by atoms with van der Waals surface area (Å²) in [5.41, 5.74) is 10.5. The highest BCUT2D eigenvalue weighted by molar-refractivity contribution is 6.13. The molecular formula is C39H25N3O. The number of rotatable bonds is 3. The number of aromatic nitrogens is 2. The van der Waals surface area contributed by atoms with Gasteiger partial charge >= 0.3 is 0 Å². The molecule has 3 heterocycles. The summed E-state index contributed by atoms with van der Waals surface area (Å²) >= 11 is 0. The third kappa shape index (κ3) is 3.37. The van der Waals surface area contributed by atoms with Gasteiger partial charge in [0.05, 0.1) is 22.7 Å². The molecule has 0 aliphatic heterocycles. The van der Waals surface area contributed by atoms with Crippen LogP contribution >= 0.6 is 0 Å². The fourth-order valence-electron chi connectivity index (χ4n) is 6.98. The lowest BCUT2D eigenvalue weighted by Crippen LogP contribution is -1.93. The molecule has 0 bridgehead atoms. The summed E-state index contributed by atoms with van der Waals surface area (Å²) in [7, 11) is 0. The summed E-state index contributed by atoms with van der Waals surface area (Å²) in [6.07, 6.45) is 0. The van der Waals surface area contributed by atoms with E-state index in [1.807, 2.05) is 30.3 Å². The topological polar surface area (TPSA) is 46.8 Å². The number of benzene rings is 6. The second kappa shape index (κ2) is 8.85. The lowest BCUT2D eigenvalue weighted by atomic mass is 10.0. The third-order valence-corrected chi connectivity index (χ3v) is 8.93. The molecule has 0 aliphatic rings. The van der Waals surface area contributed by atoms with Crippen LogP contribution < -0.4 is 0 Å². The average molecular weight is 552 g/mol. The van der Waals surface area contributed by atoms with Crippen molar-refractivity contribution < 1.29 is 4.42 Å². The van der Waals surface area contributed by atoms with Crippen molar-refractivity contribution in [1.82, 2.24) is 9.13 Å². The van der Waals surface area contributed by atoms with Crippen LogP contribution in [-0.2, 0) is 6.54 Å². The SMILES string of the molecule is CCn1c2ccccc2c2cc(-c3ccc4c(c3)c3cc(C#N)ccc3n4-c3ccc4oc5ccccc5c4c3)ccc21. The fraction of sp³-hybridized carbons (Fsp3) is 0.0513. The molecule has 0 radical (unpaired) electrons. The summed E-state index contributed by atoms with van der Waals surface area (Å²) in [5.74, 6) is 0. The van der Waals surface area contributed by atoms with E-state index in [1.165, 1.54) is 27.4 Å². The second-order valence-electron chi connectivity index (χ2n) is 11.2. The number of nitrogens with zero attached hydrogens (tertiary/aromatic N) is 3. The van der Waals surface area contributed by atoms with Gasteiger partial charge in [-0.05, 0) is 90.8 Å². The quantitative estimate of drug-likeness (QED) is 0.219. The van der Waals surface area contributed by atoms with Gasteiger partial charge in [-0.2, -0.15) is 5.26 Å². The van der Waals surface area contributed by atoms with Crippen molar-refractivity contribution in [1.29, 1.82) is 5.26 Å². The van der Waals surface area contributed by atoms with Crippen LogP contribution in [0, 0.1) is 11.3 Å². The molecule has 0 aliphatic carbocycles. The van der Waals surface area contributed by atoms with Gasteiger partial charge < -0.3 is 13.6 Å². The molecule has 6 aromatic carbocycles. The molecule has 202 valence electrons. The molecular weight excluding hydrogens is 526 g/mol. The Morgan fingerprint density at radius 1 is 0.558 bits per heavy atom. The van der Waals surface area contributed by atoms with Crippen LogP contribution in [0.3, 0.4) is 0 Å². The summed E-state index contributed by atoms with van der Waals surface area (Å²) in [5, 5.41) is 16.7. The van der Waals surface area contributed by atoms with E-state index < -0.39 is 0 Å². The Balaban J connectivity index is 1.29. The minimum atomic E-state index is 0.655. The minimum absolute atomic E-state index is 0.655. The van der Waals surface area contributed by atoms with Crippen LogP contribution in [0.1, 0.15) is 12.5 Å². The third-order valence-electron chi connectivity index (χ3n) is 8.93. The Hall–Kier alpha value is -5.79. The van der Waals surface area contributed by atoms with E-state index in [1.54, 1.807) is 0 Å². The van der Waals surface area contributed by atoms with Crippen LogP contribution in [-0.4, -0.2) is 9.13 Å². The van der Waals surface area contributed by atoms with Crippen molar-refractivity contribution in [2.24, 2.45) is 0 Å². The van der Waals surface area contributed by atoms with Gasteiger partial charge in [0.1, 0.15) is 11.2 Å². The first-order valence-electron chi connectivity index (χ1n) is 14.6. The number of aryl methyl sites for hydroxylation is 1. The lowest BCUT2D eigenvalue weighted by Gasteiger charge is -2.09. The Kier molecular flexibility index (Phi) is 4.91. The van der Waals surface area contributed by atoms with Crippen LogP contribution in [0.15, 0.2) is 126 Å². The highest BCUT2D eigenvalue weighted by Gasteiger charge is 2.17. The standard InChI is InChI=1S/C39H25N3O/c1-2-41-34-9-5-3-7-28(34)31-20-25(12-16-35(31)41)26-13-17-37-32(21-26)30-19-24(23-40)11-15-36(30)42(37)27-14-18-39-33(22-27)29-8-4-6-10-38(29)43-39/h3-22H,2H2,1H3.